The van der Waals surface area contributed by atoms with Crippen molar-refractivity contribution in [1.29, 1.82) is 0 Å². The van der Waals surface area contributed by atoms with Gasteiger partial charge in [0.1, 0.15) is 5.82 Å². The maximum Gasteiger partial charge on any atom is 0.123 e. The molecule has 0 amide bonds. The summed E-state index contributed by atoms with van der Waals surface area (Å²) in [5, 5.41) is 0. The van der Waals surface area contributed by atoms with Crippen molar-refractivity contribution in [2.24, 2.45) is 5.73 Å². The number of ether oxygens (including phenoxy) is 1. The molecule has 3 nitrogen and oxygen atoms in total. The Hall–Kier alpha value is -0.780. The van der Waals surface area contributed by atoms with Gasteiger partial charge >= 0.3 is 0 Å². The van der Waals surface area contributed by atoms with Crippen LogP contribution in [0.4, 0.5) is 4.39 Å². The zero-order chi connectivity index (χ0) is 13.0. The third-order valence-electron chi connectivity index (χ3n) is 2.98. The lowest BCUT2D eigenvalue weighted by Crippen LogP contribution is -2.16. The standard InChI is InChI=1S/C13H18FNO2S/c14-12-5-10(7-15)4-11(6-12)8-18(16)9-13-2-1-3-17-13/h4-6,13H,1-3,7-9,15H2. The van der Waals surface area contributed by atoms with E-state index in [1.807, 2.05) is 6.07 Å². The van der Waals surface area contributed by atoms with Crippen LogP contribution in [-0.2, 0) is 27.8 Å². The molecular weight excluding hydrogens is 253 g/mol. The highest BCUT2D eigenvalue weighted by Crippen LogP contribution is 2.16. The molecule has 1 aromatic carbocycles. The second-order valence-electron chi connectivity index (χ2n) is 4.56. The minimum absolute atomic E-state index is 0.105. The Balaban J connectivity index is 1.95. The van der Waals surface area contributed by atoms with Gasteiger partial charge in [-0.25, -0.2) is 4.39 Å². The van der Waals surface area contributed by atoms with Gasteiger partial charge < -0.3 is 10.5 Å². The van der Waals surface area contributed by atoms with Gasteiger partial charge in [-0.15, -0.1) is 0 Å². The first-order chi connectivity index (χ1) is 8.67. The summed E-state index contributed by atoms with van der Waals surface area (Å²) in [6.07, 6.45) is 2.12. The first kappa shape index (κ1) is 13.6. The van der Waals surface area contributed by atoms with Crippen LogP contribution >= 0.6 is 0 Å². The Bertz CT molecular complexity index is 433. The number of hydrogen-bond acceptors (Lipinski definition) is 3. The molecule has 1 heterocycles. The maximum absolute atomic E-state index is 13.3. The summed E-state index contributed by atoms with van der Waals surface area (Å²) in [5.41, 5.74) is 6.97. The Morgan fingerprint density at radius 3 is 2.83 bits per heavy atom. The van der Waals surface area contributed by atoms with E-state index in [1.165, 1.54) is 12.1 Å². The maximum atomic E-state index is 13.3. The van der Waals surface area contributed by atoms with Gasteiger partial charge in [0.25, 0.3) is 0 Å². The number of benzene rings is 1. The molecule has 0 aromatic heterocycles. The van der Waals surface area contributed by atoms with Gasteiger partial charge in [0, 0.05) is 29.7 Å². The summed E-state index contributed by atoms with van der Waals surface area (Å²) >= 11 is 0. The van der Waals surface area contributed by atoms with Gasteiger partial charge in [-0.2, -0.15) is 0 Å². The topological polar surface area (TPSA) is 52.3 Å². The fourth-order valence-corrected chi connectivity index (χ4v) is 3.48. The van der Waals surface area contributed by atoms with E-state index in [2.05, 4.69) is 0 Å². The van der Waals surface area contributed by atoms with Crippen molar-refractivity contribution in [3.63, 3.8) is 0 Å². The van der Waals surface area contributed by atoms with E-state index in [9.17, 15) is 8.60 Å². The number of nitrogens with two attached hydrogens (primary N) is 1. The van der Waals surface area contributed by atoms with Crippen LogP contribution in [0.5, 0.6) is 0 Å². The fourth-order valence-electron chi connectivity index (χ4n) is 2.15. The molecular formula is C13H18FNO2S. The fraction of sp³-hybridized carbons (Fsp3) is 0.538. The first-order valence-corrected chi connectivity index (χ1v) is 7.61. The van der Waals surface area contributed by atoms with Gasteiger partial charge in [0.2, 0.25) is 0 Å². The van der Waals surface area contributed by atoms with Crippen LogP contribution in [0.25, 0.3) is 0 Å². The molecule has 1 aliphatic rings. The molecule has 18 heavy (non-hydrogen) atoms. The minimum Gasteiger partial charge on any atom is -0.377 e. The predicted octanol–water partition coefficient (Wildman–Crippen LogP) is 1.71. The molecule has 5 heteroatoms. The number of rotatable bonds is 5. The molecule has 2 atom stereocenters. The average molecular weight is 271 g/mol. The molecule has 0 saturated carbocycles. The lowest BCUT2D eigenvalue weighted by atomic mass is 10.1. The highest BCUT2D eigenvalue weighted by molar-refractivity contribution is 7.84. The van der Waals surface area contributed by atoms with Crippen LogP contribution in [0, 0.1) is 5.82 Å². The van der Waals surface area contributed by atoms with Crippen LogP contribution in [-0.4, -0.2) is 22.7 Å². The van der Waals surface area contributed by atoms with E-state index < -0.39 is 10.8 Å². The number of hydrogen-bond donors (Lipinski definition) is 1. The summed E-state index contributed by atoms with van der Waals surface area (Å²) in [7, 11) is -1.01. The van der Waals surface area contributed by atoms with E-state index in [4.69, 9.17) is 10.5 Å². The summed E-state index contributed by atoms with van der Waals surface area (Å²) < 4.78 is 30.7. The first-order valence-electron chi connectivity index (χ1n) is 6.12. The van der Waals surface area contributed by atoms with Gasteiger partial charge in [-0.3, -0.25) is 4.21 Å². The summed E-state index contributed by atoms with van der Waals surface area (Å²) in [5.74, 6) is 0.584. The van der Waals surface area contributed by atoms with Crippen molar-refractivity contribution in [3.8, 4) is 0 Å². The van der Waals surface area contributed by atoms with E-state index in [0.29, 0.717) is 18.1 Å². The lowest BCUT2D eigenvalue weighted by Gasteiger charge is -2.09. The van der Waals surface area contributed by atoms with Gasteiger partial charge in [-0.05, 0) is 36.1 Å². The lowest BCUT2D eigenvalue weighted by molar-refractivity contribution is 0.128. The van der Waals surface area contributed by atoms with Crippen molar-refractivity contribution in [3.05, 3.63) is 35.1 Å². The molecule has 2 rings (SSSR count). The van der Waals surface area contributed by atoms with Crippen molar-refractivity contribution in [1.82, 2.24) is 0 Å². The molecule has 100 valence electrons. The van der Waals surface area contributed by atoms with Gasteiger partial charge in [-0.1, -0.05) is 6.07 Å². The minimum atomic E-state index is -1.01. The molecule has 0 radical (unpaired) electrons. The smallest absolute Gasteiger partial charge is 0.123 e. The Labute approximate surface area is 109 Å². The molecule has 2 unspecified atom stereocenters. The van der Waals surface area contributed by atoms with Crippen LogP contribution in [0.2, 0.25) is 0 Å². The predicted molar refractivity (Wildman–Crippen MR) is 70.0 cm³/mol. The van der Waals surface area contributed by atoms with Crippen molar-refractivity contribution in [2.45, 2.75) is 31.2 Å². The molecule has 1 aliphatic heterocycles. The van der Waals surface area contributed by atoms with E-state index >= 15 is 0 Å². The van der Waals surface area contributed by atoms with Crippen LogP contribution in [0.15, 0.2) is 18.2 Å². The van der Waals surface area contributed by atoms with Gasteiger partial charge in [0.05, 0.1) is 11.9 Å². The Morgan fingerprint density at radius 1 is 1.39 bits per heavy atom. The zero-order valence-electron chi connectivity index (χ0n) is 10.2. The molecule has 1 aromatic rings. The SMILES string of the molecule is NCc1cc(F)cc(CS(=O)CC2CCCO2)c1. The molecule has 1 saturated heterocycles. The number of halogens is 1. The normalized spacial score (nSPS) is 21.1. The largest absolute Gasteiger partial charge is 0.377 e. The quantitative estimate of drug-likeness (QED) is 0.887. The molecule has 2 N–H and O–H groups in total. The second-order valence-corrected chi connectivity index (χ2v) is 6.06. The highest BCUT2D eigenvalue weighted by atomic mass is 32.2. The highest BCUT2D eigenvalue weighted by Gasteiger charge is 2.18. The molecule has 1 fully saturated rings. The third-order valence-corrected chi connectivity index (χ3v) is 4.38. The summed E-state index contributed by atoms with van der Waals surface area (Å²) in [4.78, 5) is 0. The van der Waals surface area contributed by atoms with Crippen LogP contribution in [0.3, 0.4) is 0 Å². The summed E-state index contributed by atoms with van der Waals surface area (Å²) in [6, 6.07) is 4.65. The molecule has 0 aliphatic carbocycles. The van der Waals surface area contributed by atoms with Crippen molar-refractivity contribution in [2.75, 3.05) is 12.4 Å². The van der Waals surface area contributed by atoms with Crippen molar-refractivity contribution >= 4 is 10.8 Å². The molecule has 0 bridgehead atoms. The van der Waals surface area contributed by atoms with Gasteiger partial charge in [0.15, 0.2) is 0 Å². The van der Waals surface area contributed by atoms with Crippen LogP contribution in [0.1, 0.15) is 24.0 Å². The average Bonchev–Trinajstić information content (AvgIpc) is 2.80. The Kier molecular flexibility index (Phi) is 4.86. The zero-order valence-corrected chi connectivity index (χ0v) is 11.0. The third kappa shape index (κ3) is 3.86. The molecule has 0 spiro atoms. The van der Waals surface area contributed by atoms with Crippen LogP contribution < -0.4 is 5.73 Å². The van der Waals surface area contributed by atoms with Crippen molar-refractivity contribution < 1.29 is 13.3 Å². The monoisotopic (exact) mass is 271 g/mol. The van der Waals surface area contributed by atoms with E-state index in [-0.39, 0.29) is 11.9 Å². The second kappa shape index (κ2) is 6.41. The van der Waals surface area contributed by atoms with E-state index in [0.717, 1.165) is 30.6 Å². The Morgan fingerprint density at radius 2 is 2.17 bits per heavy atom. The summed E-state index contributed by atoms with van der Waals surface area (Å²) in [6.45, 7) is 1.06. The van der Waals surface area contributed by atoms with E-state index in [1.54, 1.807) is 0 Å².